The van der Waals surface area contributed by atoms with E-state index in [-0.39, 0.29) is 31.3 Å². The van der Waals surface area contributed by atoms with E-state index >= 15 is 0 Å². The molecule has 29 heavy (non-hydrogen) atoms. The van der Waals surface area contributed by atoms with Gasteiger partial charge in [-0.15, -0.1) is 0 Å². The first-order valence-corrected chi connectivity index (χ1v) is 9.60. The van der Waals surface area contributed by atoms with Gasteiger partial charge in [0.15, 0.2) is 18.1 Å². The number of nitrogens with zero attached hydrogens (tertiary/aromatic N) is 1. The number of benzene rings is 2. The Morgan fingerprint density at radius 3 is 2.72 bits per heavy atom. The van der Waals surface area contributed by atoms with Crippen LogP contribution in [0.25, 0.3) is 0 Å². The smallest absolute Gasteiger partial charge is 0.259 e. The Labute approximate surface area is 174 Å². The Bertz CT molecular complexity index is 916. The zero-order valence-corrected chi connectivity index (χ0v) is 17.3. The molecule has 0 saturated carbocycles. The van der Waals surface area contributed by atoms with Gasteiger partial charge in [0.2, 0.25) is 6.79 Å². The third-order valence-electron chi connectivity index (χ3n) is 4.55. The Morgan fingerprint density at radius 1 is 1.24 bits per heavy atom. The van der Waals surface area contributed by atoms with E-state index in [2.05, 4.69) is 5.32 Å². The quantitative estimate of drug-likeness (QED) is 0.745. The van der Waals surface area contributed by atoms with E-state index in [1.165, 1.54) is 4.90 Å². The van der Waals surface area contributed by atoms with E-state index in [1.54, 1.807) is 32.3 Å². The Balaban J connectivity index is 1.77. The van der Waals surface area contributed by atoms with Crippen molar-refractivity contribution in [3.05, 3.63) is 52.5 Å². The van der Waals surface area contributed by atoms with Crippen molar-refractivity contribution in [2.75, 3.05) is 27.5 Å². The monoisotopic (exact) mass is 418 g/mol. The highest BCUT2D eigenvalue weighted by molar-refractivity contribution is 6.32. The van der Waals surface area contributed by atoms with Gasteiger partial charge in [-0.3, -0.25) is 9.59 Å². The normalized spacial score (nSPS) is 13.0. The summed E-state index contributed by atoms with van der Waals surface area (Å²) in [7, 11) is 3.34. The van der Waals surface area contributed by atoms with Crippen LogP contribution in [-0.4, -0.2) is 44.2 Å². The molecule has 1 aliphatic heterocycles. The maximum atomic E-state index is 12.8. The Hall–Kier alpha value is -2.93. The highest BCUT2D eigenvalue weighted by atomic mass is 35.5. The van der Waals surface area contributed by atoms with Crippen LogP contribution in [0.2, 0.25) is 5.02 Å². The van der Waals surface area contributed by atoms with Crippen LogP contribution in [0.1, 0.15) is 35.3 Å². The van der Waals surface area contributed by atoms with Gasteiger partial charge in [0.1, 0.15) is 5.75 Å². The summed E-state index contributed by atoms with van der Waals surface area (Å²) >= 11 is 6.19. The SMILES string of the molecule is CCC(NC(=O)c1cc(Cl)c2c(c1)OCO2)c1ccccc1OCC(=O)N(C)C. The van der Waals surface area contributed by atoms with Gasteiger partial charge >= 0.3 is 0 Å². The Morgan fingerprint density at radius 2 is 2.00 bits per heavy atom. The molecular weight excluding hydrogens is 396 g/mol. The highest BCUT2D eigenvalue weighted by Crippen LogP contribution is 2.40. The summed E-state index contributed by atoms with van der Waals surface area (Å²) in [5, 5.41) is 3.32. The summed E-state index contributed by atoms with van der Waals surface area (Å²) in [5.41, 5.74) is 1.17. The van der Waals surface area contributed by atoms with Gasteiger partial charge in [0, 0.05) is 25.2 Å². The number of hydrogen-bond donors (Lipinski definition) is 1. The number of hydrogen-bond acceptors (Lipinski definition) is 5. The van der Waals surface area contributed by atoms with E-state index in [4.69, 9.17) is 25.8 Å². The molecule has 0 spiro atoms. The minimum Gasteiger partial charge on any atom is -0.483 e. The molecular formula is C21H23ClN2O5. The second kappa shape index (κ2) is 9.05. The molecule has 1 N–H and O–H groups in total. The lowest BCUT2D eigenvalue weighted by Gasteiger charge is -2.21. The first-order chi connectivity index (χ1) is 13.9. The lowest BCUT2D eigenvalue weighted by atomic mass is 10.0. The average Bonchev–Trinajstić information content (AvgIpc) is 3.19. The third kappa shape index (κ3) is 4.74. The highest BCUT2D eigenvalue weighted by Gasteiger charge is 2.23. The van der Waals surface area contributed by atoms with E-state index in [0.717, 1.165) is 5.56 Å². The minimum atomic E-state index is -0.308. The van der Waals surface area contributed by atoms with Crippen molar-refractivity contribution >= 4 is 23.4 Å². The molecule has 0 aromatic heterocycles. The fourth-order valence-corrected chi connectivity index (χ4v) is 3.17. The number of halogens is 1. The first kappa shape index (κ1) is 20.8. The van der Waals surface area contributed by atoms with Crippen LogP contribution in [0, 0.1) is 0 Å². The molecule has 1 unspecified atom stereocenters. The van der Waals surface area contributed by atoms with E-state index < -0.39 is 0 Å². The predicted octanol–water partition coefficient (Wildman–Crippen LogP) is 3.42. The van der Waals surface area contributed by atoms with Crippen molar-refractivity contribution in [2.24, 2.45) is 0 Å². The van der Waals surface area contributed by atoms with Crippen molar-refractivity contribution in [1.29, 1.82) is 0 Å². The van der Waals surface area contributed by atoms with Crippen LogP contribution in [0.4, 0.5) is 0 Å². The lowest BCUT2D eigenvalue weighted by molar-refractivity contribution is -0.130. The molecule has 1 aliphatic rings. The minimum absolute atomic E-state index is 0.0772. The van der Waals surface area contributed by atoms with E-state index in [1.807, 2.05) is 25.1 Å². The molecule has 0 saturated heterocycles. The number of para-hydroxylation sites is 1. The summed E-state index contributed by atoms with van der Waals surface area (Å²) < 4.78 is 16.3. The van der Waals surface area contributed by atoms with Gasteiger partial charge in [0.25, 0.3) is 11.8 Å². The molecule has 3 rings (SSSR count). The van der Waals surface area contributed by atoms with Crippen molar-refractivity contribution in [3.8, 4) is 17.2 Å². The van der Waals surface area contributed by atoms with Gasteiger partial charge in [-0.2, -0.15) is 0 Å². The zero-order valence-electron chi connectivity index (χ0n) is 16.5. The summed E-state index contributed by atoms with van der Waals surface area (Å²) in [4.78, 5) is 26.2. The molecule has 154 valence electrons. The number of fused-ring (bicyclic) bond motifs is 1. The van der Waals surface area contributed by atoms with Crippen LogP contribution in [0.3, 0.4) is 0 Å². The first-order valence-electron chi connectivity index (χ1n) is 9.22. The molecule has 2 amide bonds. The number of nitrogens with one attached hydrogen (secondary N) is 1. The van der Waals surface area contributed by atoms with E-state index in [9.17, 15) is 9.59 Å². The molecule has 7 nitrogen and oxygen atoms in total. The zero-order chi connectivity index (χ0) is 21.0. The molecule has 2 aromatic rings. The predicted molar refractivity (Wildman–Crippen MR) is 109 cm³/mol. The van der Waals surface area contributed by atoms with Crippen LogP contribution >= 0.6 is 11.6 Å². The maximum absolute atomic E-state index is 12.8. The molecule has 1 atom stereocenters. The van der Waals surface area contributed by atoms with Crippen LogP contribution in [0.15, 0.2) is 36.4 Å². The fraction of sp³-hybridized carbons (Fsp3) is 0.333. The summed E-state index contributed by atoms with van der Waals surface area (Å²) in [6.07, 6.45) is 0.631. The summed E-state index contributed by atoms with van der Waals surface area (Å²) in [6.45, 7) is 1.96. The van der Waals surface area contributed by atoms with Crippen LogP contribution < -0.4 is 19.5 Å². The summed E-state index contributed by atoms with van der Waals surface area (Å²) in [6, 6.07) is 10.2. The fourth-order valence-electron chi connectivity index (χ4n) is 2.91. The van der Waals surface area contributed by atoms with Crippen molar-refractivity contribution in [3.63, 3.8) is 0 Å². The van der Waals surface area contributed by atoms with Gasteiger partial charge in [-0.1, -0.05) is 36.7 Å². The third-order valence-corrected chi connectivity index (χ3v) is 4.83. The molecule has 2 aromatic carbocycles. The molecule has 0 aliphatic carbocycles. The molecule has 0 radical (unpaired) electrons. The molecule has 8 heteroatoms. The number of likely N-dealkylation sites (N-methyl/N-ethyl adjacent to an activating group) is 1. The van der Waals surface area contributed by atoms with Gasteiger partial charge in [-0.05, 0) is 24.6 Å². The molecule has 0 bridgehead atoms. The topological polar surface area (TPSA) is 77.1 Å². The number of carbonyl (C=O) groups excluding carboxylic acids is 2. The van der Waals surface area contributed by atoms with Crippen molar-refractivity contribution in [2.45, 2.75) is 19.4 Å². The van der Waals surface area contributed by atoms with Crippen LogP contribution in [0.5, 0.6) is 17.2 Å². The largest absolute Gasteiger partial charge is 0.483 e. The van der Waals surface area contributed by atoms with Crippen molar-refractivity contribution in [1.82, 2.24) is 10.2 Å². The van der Waals surface area contributed by atoms with Crippen LogP contribution in [-0.2, 0) is 4.79 Å². The van der Waals surface area contributed by atoms with Crippen molar-refractivity contribution < 1.29 is 23.8 Å². The number of amides is 2. The van der Waals surface area contributed by atoms with Gasteiger partial charge < -0.3 is 24.4 Å². The molecule has 1 heterocycles. The average molecular weight is 419 g/mol. The van der Waals surface area contributed by atoms with E-state index in [0.29, 0.717) is 34.3 Å². The lowest BCUT2D eigenvalue weighted by Crippen LogP contribution is -2.30. The van der Waals surface area contributed by atoms with Gasteiger partial charge in [0.05, 0.1) is 11.1 Å². The van der Waals surface area contributed by atoms with Gasteiger partial charge in [-0.25, -0.2) is 0 Å². The second-order valence-electron chi connectivity index (χ2n) is 6.74. The maximum Gasteiger partial charge on any atom is 0.259 e. The number of rotatable bonds is 7. The standard InChI is InChI=1S/C21H23ClN2O5/c1-4-16(14-7-5-6-8-17(14)27-11-19(25)24(2)3)23-21(26)13-9-15(22)20-18(10-13)28-12-29-20/h5-10,16H,4,11-12H2,1-3H3,(H,23,26). The second-order valence-corrected chi connectivity index (χ2v) is 7.15. The number of ether oxygens (including phenoxy) is 3. The Kier molecular flexibility index (Phi) is 6.49. The summed E-state index contributed by atoms with van der Waals surface area (Å²) in [5.74, 6) is 1.00. The number of carbonyl (C=O) groups is 2. The molecule has 0 fully saturated rings.